The van der Waals surface area contributed by atoms with E-state index in [4.69, 9.17) is 0 Å². The van der Waals surface area contributed by atoms with Crippen molar-refractivity contribution in [3.8, 4) is 0 Å². The molecule has 1 saturated heterocycles. The zero-order valence-corrected chi connectivity index (χ0v) is 17.1. The van der Waals surface area contributed by atoms with Crippen LogP contribution in [0.2, 0.25) is 0 Å². The van der Waals surface area contributed by atoms with Crippen LogP contribution < -0.4 is 0 Å². The highest BCUT2D eigenvalue weighted by Crippen LogP contribution is 2.61. The molecule has 3 rings (SSSR count). The van der Waals surface area contributed by atoms with Gasteiger partial charge in [-0.1, -0.05) is 36.5 Å². The van der Waals surface area contributed by atoms with Gasteiger partial charge in [-0.05, 0) is 11.1 Å². The molecule has 6 nitrogen and oxygen atoms in total. The summed E-state index contributed by atoms with van der Waals surface area (Å²) in [6.07, 6.45) is -7.56. The second-order valence-corrected chi connectivity index (χ2v) is 7.56. The molecule has 2 unspecified atom stereocenters. The number of hydrogen-bond donors (Lipinski definition) is 0. The van der Waals surface area contributed by atoms with Gasteiger partial charge in [-0.25, -0.2) is 0 Å². The molecular weight excluding hydrogens is 458 g/mol. The molecular formula is C21H16F6N2O4. The van der Waals surface area contributed by atoms with Crippen molar-refractivity contribution in [1.82, 2.24) is 9.80 Å². The van der Waals surface area contributed by atoms with Crippen LogP contribution in [0.15, 0.2) is 59.8 Å². The molecule has 176 valence electrons. The normalized spacial score (nSPS) is 28.0. The third-order valence-electron chi connectivity index (χ3n) is 5.76. The van der Waals surface area contributed by atoms with Crippen LogP contribution in [0, 0.1) is 17.3 Å². The molecule has 4 amide bonds. The Labute approximate surface area is 183 Å². The average molecular weight is 474 g/mol. The summed E-state index contributed by atoms with van der Waals surface area (Å²) in [7, 11) is 2.09. The van der Waals surface area contributed by atoms with Crippen LogP contribution in [0.25, 0.3) is 0 Å². The number of likely N-dealkylation sites (tertiary alicyclic amines) is 1. The second-order valence-electron chi connectivity index (χ2n) is 7.56. The number of hydrogen-bond acceptors (Lipinski definition) is 4. The maximum atomic E-state index is 14.4. The summed E-state index contributed by atoms with van der Waals surface area (Å²) in [4.78, 5) is 49.4. The topological polar surface area (TPSA) is 74.8 Å². The average Bonchev–Trinajstić information content (AvgIpc) is 2.95. The van der Waals surface area contributed by atoms with E-state index in [2.05, 4.69) is 0 Å². The quantitative estimate of drug-likeness (QED) is 0.456. The van der Waals surface area contributed by atoms with Gasteiger partial charge in [0, 0.05) is 26.2 Å². The lowest BCUT2D eigenvalue weighted by molar-refractivity contribution is -0.308. The zero-order chi connectivity index (χ0) is 24.9. The van der Waals surface area contributed by atoms with E-state index in [1.165, 1.54) is 0 Å². The Morgan fingerprint density at radius 3 is 1.82 bits per heavy atom. The first-order valence-electron chi connectivity index (χ1n) is 9.38. The van der Waals surface area contributed by atoms with E-state index >= 15 is 0 Å². The molecule has 2 atom stereocenters. The van der Waals surface area contributed by atoms with Crippen molar-refractivity contribution in [2.24, 2.45) is 17.3 Å². The van der Waals surface area contributed by atoms with Crippen LogP contribution in [-0.2, 0) is 19.2 Å². The molecule has 0 N–H and O–H groups in total. The zero-order valence-electron chi connectivity index (χ0n) is 17.1. The number of likely N-dealkylation sites (N-methyl/N-ethyl adjacent to an activating group) is 1. The summed E-state index contributed by atoms with van der Waals surface area (Å²) < 4.78 is 86.4. The van der Waals surface area contributed by atoms with Gasteiger partial charge in [0.05, 0.1) is 11.8 Å². The third-order valence-corrected chi connectivity index (χ3v) is 5.76. The van der Waals surface area contributed by atoms with Crippen molar-refractivity contribution < 1.29 is 45.5 Å². The number of fused-ring (bicyclic) bond motifs is 1. The molecule has 0 aromatic rings. The lowest BCUT2D eigenvalue weighted by atomic mass is 9.68. The number of imide groups is 2. The Morgan fingerprint density at radius 2 is 1.24 bits per heavy atom. The summed E-state index contributed by atoms with van der Waals surface area (Å²) >= 11 is 0. The number of nitrogens with zero attached hydrogens (tertiary/aromatic N) is 2. The van der Waals surface area contributed by atoms with Crippen LogP contribution in [-0.4, -0.2) is 59.9 Å². The Balaban J connectivity index is 2.31. The molecule has 2 aliphatic heterocycles. The number of alkyl halides is 6. The van der Waals surface area contributed by atoms with Gasteiger partial charge in [-0.15, -0.1) is 0 Å². The van der Waals surface area contributed by atoms with E-state index in [0.29, 0.717) is 52.3 Å². The molecule has 3 aliphatic rings. The van der Waals surface area contributed by atoms with Gasteiger partial charge < -0.3 is 0 Å². The number of allylic oxidation sites excluding steroid dienone is 6. The monoisotopic (exact) mass is 474 g/mol. The molecule has 12 heteroatoms. The summed E-state index contributed by atoms with van der Waals surface area (Å²) in [6.45, 7) is 0. The molecule has 0 aromatic carbocycles. The number of rotatable bonds is 2. The molecule has 0 saturated carbocycles. The minimum atomic E-state index is -5.98. The Morgan fingerprint density at radius 1 is 0.697 bits per heavy atom. The fourth-order valence-electron chi connectivity index (χ4n) is 3.96. The predicted molar refractivity (Wildman–Crippen MR) is 101 cm³/mol. The van der Waals surface area contributed by atoms with Gasteiger partial charge in [-0.3, -0.25) is 29.0 Å². The summed E-state index contributed by atoms with van der Waals surface area (Å²) in [5, 5.41) is 0. The SMILES string of the molecule is CN1C(=O)/C=C/C=C(C(C2=CC3C(=O)N(C)C(=O)C3C=C2)(C(F)(F)F)C(F)(F)F)\C=C\C1=O. The maximum absolute atomic E-state index is 14.4. The third kappa shape index (κ3) is 3.62. The molecule has 2 heterocycles. The predicted octanol–water partition coefficient (Wildman–Crippen LogP) is 2.86. The minimum Gasteiger partial charge on any atom is -0.285 e. The van der Waals surface area contributed by atoms with E-state index in [-0.39, 0.29) is 0 Å². The van der Waals surface area contributed by atoms with E-state index in [9.17, 15) is 45.5 Å². The second kappa shape index (κ2) is 7.85. The smallest absolute Gasteiger partial charge is 0.285 e. The molecule has 0 bridgehead atoms. The fraction of sp³-hybridized carbons (Fsp3) is 0.333. The van der Waals surface area contributed by atoms with Crippen LogP contribution >= 0.6 is 0 Å². The van der Waals surface area contributed by atoms with Gasteiger partial charge >= 0.3 is 12.4 Å². The minimum absolute atomic E-state index is 0.345. The van der Waals surface area contributed by atoms with E-state index in [0.717, 1.165) is 20.2 Å². The van der Waals surface area contributed by atoms with Crippen molar-refractivity contribution >= 4 is 23.6 Å². The van der Waals surface area contributed by atoms with Gasteiger partial charge in [0.15, 0.2) is 0 Å². The molecule has 0 spiro atoms. The highest BCUT2D eigenvalue weighted by Gasteiger charge is 2.73. The Bertz CT molecular complexity index is 1060. The number of halogens is 6. The first-order valence-corrected chi connectivity index (χ1v) is 9.38. The molecule has 0 radical (unpaired) electrons. The summed E-state index contributed by atoms with van der Waals surface area (Å²) in [5.41, 5.74) is -7.37. The lowest BCUT2D eigenvalue weighted by Gasteiger charge is -2.40. The van der Waals surface area contributed by atoms with Gasteiger partial charge in [0.25, 0.3) is 11.8 Å². The van der Waals surface area contributed by atoms with Crippen LogP contribution in [0.5, 0.6) is 0 Å². The maximum Gasteiger partial charge on any atom is 0.411 e. The fourth-order valence-corrected chi connectivity index (χ4v) is 3.96. The van der Waals surface area contributed by atoms with E-state index in [1.54, 1.807) is 0 Å². The van der Waals surface area contributed by atoms with Crippen molar-refractivity contribution in [2.45, 2.75) is 12.4 Å². The van der Waals surface area contributed by atoms with Crippen LogP contribution in [0.4, 0.5) is 26.3 Å². The number of carbonyl (C=O) groups excluding carboxylic acids is 4. The van der Waals surface area contributed by atoms with Crippen molar-refractivity contribution in [2.75, 3.05) is 14.1 Å². The number of amides is 4. The molecule has 33 heavy (non-hydrogen) atoms. The van der Waals surface area contributed by atoms with E-state index in [1.807, 2.05) is 0 Å². The summed E-state index contributed by atoms with van der Waals surface area (Å²) in [6, 6.07) is 0. The van der Waals surface area contributed by atoms with Crippen molar-refractivity contribution in [3.63, 3.8) is 0 Å². The highest BCUT2D eigenvalue weighted by molar-refractivity contribution is 6.07. The van der Waals surface area contributed by atoms with Gasteiger partial charge in [-0.2, -0.15) is 26.3 Å². The molecule has 0 aromatic heterocycles. The van der Waals surface area contributed by atoms with Crippen molar-refractivity contribution in [1.29, 1.82) is 0 Å². The van der Waals surface area contributed by atoms with Gasteiger partial charge in [0.2, 0.25) is 17.2 Å². The summed E-state index contributed by atoms with van der Waals surface area (Å²) in [5.74, 6) is -6.55. The van der Waals surface area contributed by atoms with Crippen LogP contribution in [0.1, 0.15) is 0 Å². The molecule has 1 aliphatic carbocycles. The van der Waals surface area contributed by atoms with E-state index < -0.39 is 64.4 Å². The number of carbonyl (C=O) groups is 4. The Hall–Kier alpha value is -3.44. The largest absolute Gasteiger partial charge is 0.411 e. The molecule has 1 fully saturated rings. The highest BCUT2D eigenvalue weighted by atomic mass is 19.4. The Kier molecular flexibility index (Phi) is 5.76. The van der Waals surface area contributed by atoms with Crippen molar-refractivity contribution in [3.05, 3.63) is 59.8 Å². The lowest BCUT2D eigenvalue weighted by Crippen LogP contribution is -2.52. The van der Waals surface area contributed by atoms with Gasteiger partial charge in [0.1, 0.15) is 0 Å². The first kappa shape index (κ1) is 24.2. The standard InChI is InChI=1S/C21H16F6N2O4/c1-28-15(30)5-3-4-11(7-9-16(28)31)19(20(22,23)24,21(25,26)27)12-6-8-13-14(10-12)18(33)29(2)17(13)32/h3-10,13-14H,1-2H3/b5-3+,9-7+,11-4+. The first-order chi connectivity index (χ1) is 15.1. The van der Waals surface area contributed by atoms with Crippen LogP contribution in [0.3, 0.4) is 0 Å².